The Kier molecular flexibility index (Phi) is 4.90. The lowest BCUT2D eigenvalue weighted by atomic mass is 10.3. The van der Waals surface area contributed by atoms with Gasteiger partial charge in [-0.2, -0.15) is 0 Å². The van der Waals surface area contributed by atoms with Gasteiger partial charge in [-0.05, 0) is 12.1 Å². The first-order chi connectivity index (χ1) is 9.40. The number of hydrogen-bond acceptors (Lipinski definition) is 3. The summed E-state index contributed by atoms with van der Waals surface area (Å²) in [6, 6.07) is 1.47. The minimum Gasteiger partial charge on any atom is -0.480 e. The Hall–Kier alpha value is -0.820. The topological polar surface area (TPSA) is 69.6 Å². The number of carboxylic acids is 1. The standard InChI is InChI=1S/C11H9Cl3N2O3S/c12-5-1-6(13)9(7(14)2-5)15-11(19)16-4-20-3-8(16)10(17)18/h1-2,8H,3-4H2,(H,15,19)(H,17,18). The second-order valence-corrected chi connectivity index (χ2v) is 6.25. The molecule has 1 fully saturated rings. The van der Waals surface area contributed by atoms with Crippen LogP contribution in [0.1, 0.15) is 0 Å². The fraction of sp³-hybridized carbons (Fsp3) is 0.273. The molecule has 0 aromatic heterocycles. The largest absolute Gasteiger partial charge is 0.480 e. The Morgan fingerprint density at radius 1 is 1.30 bits per heavy atom. The van der Waals surface area contributed by atoms with Gasteiger partial charge in [0.2, 0.25) is 0 Å². The van der Waals surface area contributed by atoms with Gasteiger partial charge in [-0.3, -0.25) is 0 Å². The fourth-order valence-electron chi connectivity index (χ4n) is 1.69. The number of benzene rings is 1. The van der Waals surface area contributed by atoms with E-state index in [-0.39, 0.29) is 15.7 Å². The number of carbonyl (C=O) groups excluding carboxylic acids is 1. The number of carbonyl (C=O) groups is 2. The predicted molar refractivity (Wildman–Crippen MR) is 81.1 cm³/mol. The van der Waals surface area contributed by atoms with Crippen LogP contribution in [-0.4, -0.2) is 39.7 Å². The average Bonchev–Trinajstić information content (AvgIpc) is 2.82. The van der Waals surface area contributed by atoms with Gasteiger partial charge in [0.1, 0.15) is 6.04 Å². The highest BCUT2D eigenvalue weighted by atomic mass is 35.5. The van der Waals surface area contributed by atoms with Gasteiger partial charge in [0.15, 0.2) is 0 Å². The molecule has 0 radical (unpaired) electrons. The number of thioether (sulfide) groups is 1. The van der Waals surface area contributed by atoms with Crippen molar-refractivity contribution in [2.75, 3.05) is 16.9 Å². The highest BCUT2D eigenvalue weighted by Crippen LogP contribution is 2.34. The lowest BCUT2D eigenvalue weighted by Crippen LogP contribution is -2.44. The molecule has 9 heteroatoms. The first-order valence-corrected chi connectivity index (χ1v) is 7.71. The first-order valence-electron chi connectivity index (χ1n) is 5.43. The predicted octanol–water partition coefficient (Wildman–Crippen LogP) is 3.64. The lowest BCUT2D eigenvalue weighted by molar-refractivity contribution is -0.140. The number of nitrogens with zero attached hydrogens (tertiary/aromatic N) is 1. The molecule has 1 aliphatic rings. The maximum absolute atomic E-state index is 12.1. The second kappa shape index (κ2) is 6.30. The molecule has 108 valence electrons. The zero-order chi connectivity index (χ0) is 14.9. The number of hydrogen-bond donors (Lipinski definition) is 2. The van der Waals surface area contributed by atoms with E-state index in [9.17, 15) is 9.59 Å². The van der Waals surface area contributed by atoms with Crippen molar-refractivity contribution in [2.24, 2.45) is 0 Å². The highest BCUT2D eigenvalue weighted by molar-refractivity contribution is 7.99. The summed E-state index contributed by atoms with van der Waals surface area (Å²) in [7, 11) is 0. The minimum absolute atomic E-state index is 0.189. The Balaban J connectivity index is 2.18. The summed E-state index contributed by atoms with van der Waals surface area (Å²) in [5, 5.41) is 12.3. The molecule has 1 aromatic rings. The highest BCUT2D eigenvalue weighted by Gasteiger charge is 2.35. The molecule has 1 unspecified atom stereocenters. The Morgan fingerprint density at radius 2 is 1.90 bits per heavy atom. The van der Waals surface area contributed by atoms with Gasteiger partial charge in [0, 0.05) is 10.8 Å². The summed E-state index contributed by atoms with van der Waals surface area (Å²) < 4.78 is 0. The van der Waals surface area contributed by atoms with E-state index in [4.69, 9.17) is 39.9 Å². The van der Waals surface area contributed by atoms with E-state index >= 15 is 0 Å². The molecule has 1 saturated heterocycles. The third kappa shape index (κ3) is 3.25. The van der Waals surface area contributed by atoms with Crippen LogP contribution in [0.15, 0.2) is 12.1 Å². The number of rotatable bonds is 2. The van der Waals surface area contributed by atoms with Crippen molar-refractivity contribution in [1.29, 1.82) is 0 Å². The minimum atomic E-state index is -1.04. The lowest BCUT2D eigenvalue weighted by Gasteiger charge is -2.21. The summed E-state index contributed by atoms with van der Waals surface area (Å²) >= 11 is 19.1. The van der Waals surface area contributed by atoms with E-state index in [2.05, 4.69) is 5.32 Å². The number of amides is 2. The number of carboxylic acid groups (broad SMARTS) is 1. The fourth-order valence-corrected chi connectivity index (χ4v) is 3.74. The van der Waals surface area contributed by atoms with Crippen molar-refractivity contribution in [3.63, 3.8) is 0 Å². The summed E-state index contributed by atoms with van der Waals surface area (Å²) in [6.07, 6.45) is 0. The van der Waals surface area contributed by atoms with Crippen molar-refractivity contribution in [3.05, 3.63) is 27.2 Å². The SMILES string of the molecule is O=C(O)C1CSCN1C(=O)Nc1c(Cl)cc(Cl)cc1Cl. The van der Waals surface area contributed by atoms with E-state index < -0.39 is 18.0 Å². The Bertz CT molecular complexity index is 547. The quantitative estimate of drug-likeness (QED) is 0.850. The van der Waals surface area contributed by atoms with Crippen molar-refractivity contribution in [1.82, 2.24) is 4.90 Å². The molecule has 2 rings (SSSR count). The molecule has 0 saturated carbocycles. The van der Waals surface area contributed by atoms with Crippen molar-refractivity contribution < 1.29 is 14.7 Å². The van der Waals surface area contributed by atoms with E-state index in [1.54, 1.807) is 0 Å². The summed E-state index contributed by atoms with van der Waals surface area (Å²) in [5.74, 6) is -0.394. The zero-order valence-corrected chi connectivity index (χ0v) is 13.0. The van der Waals surface area contributed by atoms with E-state index in [0.29, 0.717) is 16.7 Å². The monoisotopic (exact) mass is 354 g/mol. The number of nitrogens with one attached hydrogen (secondary N) is 1. The molecular formula is C11H9Cl3N2O3S. The van der Waals surface area contributed by atoms with Crippen LogP contribution in [0.4, 0.5) is 10.5 Å². The first kappa shape index (κ1) is 15.6. The molecule has 20 heavy (non-hydrogen) atoms. The summed E-state index contributed by atoms with van der Waals surface area (Å²) in [4.78, 5) is 24.4. The van der Waals surface area contributed by atoms with Gasteiger partial charge in [-0.1, -0.05) is 34.8 Å². The van der Waals surface area contributed by atoms with Crippen LogP contribution < -0.4 is 5.32 Å². The van der Waals surface area contributed by atoms with Crippen molar-refractivity contribution in [2.45, 2.75) is 6.04 Å². The molecule has 0 bridgehead atoms. The molecule has 1 aliphatic heterocycles. The van der Waals surface area contributed by atoms with Crippen LogP contribution in [-0.2, 0) is 4.79 Å². The molecule has 5 nitrogen and oxygen atoms in total. The third-order valence-electron chi connectivity index (χ3n) is 2.67. The van der Waals surface area contributed by atoms with Gasteiger partial charge in [-0.25, -0.2) is 9.59 Å². The average molecular weight is 356 g/mol. The molecule has 2 N–H and O–H groups in total. The molecule has 2 amide bonds. The van der Waals surface area contributed by atoms with Gasteiger partial charge >= 0.3 is 12.0 Å². The second-order valence-electron chi connectivity index (χ2n) is 4.00. The summed E-state index contributed by atoms with van der Waals surface area (Å²) in [5.41, 5.74) is 0.212. The number of anilines is 1. The van der Waals surface area contributed by atoms with Crippen LogP contribution in [0.2, 0.25) is 15.1 Å². The molecule has 1 heterocycles. The number of aliphatic carboxylic acids is 1. The van der Waals surface area contributed by atoms with Gasteiger partial charge < -0.3 is 15.3 Å². The van der Waals surface area contributed by atoms with E-state index in [0.717, 1.165) is 0 Å². The molecule has 1 aromatic carbocycles. The maximum atomic E-state index is 12.1. The maximum Gasteiger partial charge on any atom is 0.327 e. The molecule has 1 atom stereocenters. The number of urea groups is 1. The van der Waals surface area contributed by atoms with Gasteiger partial charge in [0.05, 0.1) is 21.6 Å². The van der Waals surface area contributed by atoms with Crippen LogP contribution in [0.3, 0.4) is 0 Å². The normalized spacial score (nSPS) is 18.1. The van der Waals surface area contributed by atoms with Gasteiger partial charge in [0.25, 0.3) is 0 Å². The molecule has 0 aliphatic carbocycles. The molecule has 0 spiro atoms. The van der Waals surface area contributed by atoms with Crippen LogP contribution in [0.25, 0.3) is 0 Å². The zero-order valence-electron chi connectivity index (χ0n) is 9.90. The van der Waals surface area contributed by atoms with Crippen molar-refractivity contribution >= 4 is 64.3 Å². The number of halogens is 3. The summed E-state index contributed by atoms with van der Waals surface area (Å²) in [6.45, 7) is 0. The smallest absolute Gasteiger partial charge is 0.327 e. The Morgan fingerprint density at radius 3 is 2.45 bits per heavy atom. The van der Waals surface area contributed by atoms with Gasteiger partial charge in [-0.15, -0.1) is 11.8 Å². The van der Waals surface area contributed by atoms with Crippen LogP contribution in [0.5, 0.6) is 0 Å². The Labute approximate surface area is 134 Å². The molecular weight excluding hydrogens is 347 g/mol. The van der Waals surface area contributed by atoms with E-state index in [1.165, 1.54) is 28.8 Å². The van der Waals surface area contributed by atoms with E-state index in [1.807, 2.05) is 0 Å². The van der Waals surface area contributed by atoms with Crippen LogP contribution in [0, 0.1) is 0 Å². The third-order valence-corrected chi connectivity index (χ3v) is 4.49. The van der Waals surface area contributed by atoms with Crippen LogP contribution >= 0.6 is 46.6 Å². The van der Waals surface area contributed by atoms with Crippen molar-refractivity contribution in [3.8, 4) is 0 Å².